The third-order valence-corrected chi connectivity index (χ3v) is 4.10. The lowest BCUT2D eigenvalue weighted by molar-refractivity contribution is 0.727. The standard InChI is InChI=1S/C11H13BrCl2/c1-3-7(2)8-4-5-10(12)11(14)9(8)6-13/h4-5,7H,3,6H2,1-2H3. The van der Waals surface area contributed by atoms with Crippen molar-refractivity contribution >= 4 is 39.1 Å². The Morgan fingerprint density at radius 1 is 1.43 bits per heavy atom. The minimum Gasteiger partial charge on any atom is -0.121 e. The normalized spacial score (nSPS) is 12.9. The van der Waals surface area contributed by atoms with Crippen molar-refractivity contribution < 1.29 is 0 Å². The van der Waals surface area contributed by atoms with Gasteiger partial charge in [0, 0.05) is 10.4 Å². The summed E-state index contributed by atoms with van der Waals surface area (Å²) in [5, 5.41) is 0.748. The Morgan fingerprint density at radius 3 is 2.57 bits per heavy atom. The van der Waals surface area contributed by atoms with E-state index in [-0.39, 0.29) is 0 Å². The van der Waals surface area contributed by atoms with E-state index in [9.17, 15) is 0 Å². The fourth-order valence-electron chi connectivity index (χ4n) is 1.42. The summed E-state index contributed by atoms with van der Waals surface area (Å²) in [7, 11) is 0. The van der Waals surface area contributed by atoms with E-state index in [0.717, 1.165) is 21.5 Å². The van der Waals surface area contributed by atoms with Crippen LogP contribution in [0.5, 0.6) is 0 Å². The van der Waals surface area contributed by atoms with Crippen molar-refractivity contribution in [3.63, 3.8) is 0 Å². The highest BCUT2D eigenvalue weighted by atomic mass is 79.9. The van der Waals surface area contributed by atoms with E-state index in [1.807, 2.05) is 6.07 Å². The highest BCUT2D eigenvalue weighted by Crippen LogP contribution is 2.34. The van der Waals surface area contributed by atoms with Gasteiger partial charge in [0.1, 0.15) is 0 Å². The van der Waals surface area contributed by atoms with E-state index in [1.54, 1.807) is 0 Å². The molecule has 1 unspecified atom stereocenters. The second kappa shape index (κ2) is 5.39. The van der Waals surface area contributed by atoms with Crippen LogP contribution < -0.4 is 0 Å². The van der Waals surface area contributed by atoms with Gasteiger partial charge in [-0.05, 0) is 45.5 Å². The average Bonchev–Trinajstić information content (AvgIpc) is 2.20. The molecule has 0 amide bonds. The van der Waals surface area contributed by atoms with Gasteiger partial charge in [-0.3, -0.25) is 0 Å². The zero-order chi connectivity index (χ0) is 10.7. The fourth-order valence-corrected chi connectivity index (χ4v) is 2.39. The molecule has 14 heavy (non-hydrogen) atoms. The van der Waals surface area contributed by atoms with Gasteiger partial charge in [0.15, 0.2) is 0 Å². The number of benzene rings is 1. The maximum absolute atomic E-state index is 6.17. The zero-order valence-electron chi connectivity index (χ0n) is 8.28. The lowest BCUT2D eigenvalue weighted by Gasteiger charge is -2.15. The fraction of sp³-hybridized carbons (Fsp3) is 0.455. The molecule has 1 rings (SSSR count). The van der Waals surface area contributed by atoms with Crippen molar-refractivity contribution in [2.75, 3.05) is 0 Å². The Hall–Kier alpha value is 0.280. The van der Waals surface area contributed by atoms with Crippen molar-refractivity contribution in [2.24, 2.45) is 0 Å². The first-order valence-electron chi connectivity index (χ1n) is 4.64. The Labute approximate surface area is 104 Å². The van der Waals surface area contributed by atoms with Crippen LogP contribution in [0.1, 0.15) is 37.3 Å². The van der Waals surface area contributed by atoms with Crippen LogP contribution in [0.15, 0.2) is 16.6 Å². The molecule has 0 N–H and O–H groups in total. The van der Waals surface area contributed by atoms with Gasteiger partial charge in [-0.1, -0.05) is 31.5 Å². The van der Waals surface area contributed by atoms with Crippen molar-refractivity contribution in [3.05, 3.63) is 32.8 Å². The summed E-state index contributed by atoms with van der Waals surface area (Å²) in [6.45, 7) is 4.36. The van der Waals surface area contributed by atoms with Crippen LogP contribution in [-0.4, -0.2) is 0 Å². The number of alkyl halides is 1. The summed E-state index contributed by atoms with van der Waals surface area (Å²) >= 11 is 15.5. The van der Waals surface area contributed by atoms with Crippen molar-refractivity contribution in [2.45, 2.75) is 32.1 Å². The molecule has 1 aromatic rings. The van der Waals surface area contributed by atoms with Crippen LogP contribution in [0.25, 0.3) is 0 Å². The zero-order valence-corrected chi connectivity index (χ0v) is 11.4. The van der Waals surface area contributed by atoms with Crippen LogP contribution in [0, 0.1) is 0 Å². The largest absolute Gasteiger partial charge is 0.121 e. The monoisotopic (exact) mass is 294 g/mol. The van der Waals surface area contributed by atoms with Gasteiger partial charge in [-0.25, -0.2) is 0 Å². The molecular formula is C11H13BrCl2. The summed E-state index contributed by atoms with van der Waals surface area (Å²) < 4.78 is 0.918. The molecule has 78 valence electrons. The van der Waals surface area contributed by atoms with Crippen LogP contribution >= 0.6 is 39.1 Å². The minimum absolute atomic E-state index is 0.470. The molecule has 0 aliphatic carbocycles. The summed E-state index contributed by atoms with van der Waals surface area (Å²) in [5.74, 6) is 0.979. The smallest absolute Gasteiger partial charge is 0.0595 e. The number of rotatable bonds is 3. The van der Waals surface area contributed by atoms with Gasteiger partial charge in [-0.15, -0.1) is 11.6 Å². The van der Waals surface area contributed by atoms with Gasteiger partial charge < -0.3 is 0 Å². The van der Waals surface area contributed by atoms with E-state index in [4.69, 9.17) is 23.2 Å². The van der Waals surface area contributed by atoms with Crippen LogP contribution in [0.3, 0.4) is 0 Å². The third-order valence-electron chi connectivity index (χ3n) is 2.51. The van der Waals surface area contributed by atoms with Gasteiger partial charge in [0.05, 0.1) is 5.02 Å². The second-order valence-electron chi connectivity index (χ2n) is 3.37. The molecule has 1 aromatic carbocycles. The first kappa shape index (κ1) is 12.4. The van der Waals surface area contributed by atoms with Crippen LogP contribution in [-0.2, 0) is 5.88 Å². The van der Waals surface area contributed by atoms with Gasteiger partial charge >= 0.3 is 0 Å². The van der Waals surface area contributed by atoms with E-state index >= 15 is 0 Å². The number of hydrogen-bond acceptors (Lipinski definition) is 0. The molecule has 0 saturated heterocycles. The van der Waals surface area contributed by atoms with Gasteiger partial charge in [0.2, 0.25) is 0 Å². The van der Waals surface area contributed by atoms with E-state index in [0.29, 0.717) is 11.8 Å². The Kier molecular flexibility index (Phi) is 4.75. The SMILES string of the molecule is CCC(C)c1ccc(Br)c(Cl)c1CCl. The molecule has 0 fully saturated rings. The summed E-state index contributed by atoms with van der Waals surface area (Å²) in [4.78, 5) is 0. The molecule has 0 saturated carbocycles. The molecule has 0 spiro atoms. The average molecular weight is 296 g/mol. The Morgan fingerprint density at radius 2 is 2.07 bits per heavy atom. The molecule has 0 radical (unpaired) electrons. The highest BCUT2D eigenvalue weighted by molar-refractivity contribution is 9.10. The van der Waals surface area contributed by atoms with E-state index in [1.165, 1.54) is 5.56 Å². The van der Waals surface area contributed by atoms with Crippen LogP contribution in [0.4, 0.5) is 0 Å². The minimum atomic E-state index is 0.470. The maximum atomic E-state index is 6.17. The topological polar surface area (TPSA) is 0 Å². The third kappa shape index (κ3) is 2.44. The Balaban J connectivity index is 3.23. The first-order chi connectivity index (χ1) is 6.61. The molecule has 0 aromatic heterocycles. The molecular weight excluding hydrogens is 283 g/mol. The lowest BCUT2D eigenvalue weighted by atomic mass is 9.94. The van der Waals surface area contributed by atoms with Crippen molar-refractivity contribution in [1.82, 2.24) is 0 Å². The summed E-state index contributed by atoms with van der Waals surface area (Å²) in [5.41, 5.74) is 2.31. The first-order valence-corrected chi connectivity index (χ1v) is 6.35. The van der Waals surface area contributed by atoms with Crippen molar-refractivity contribution in [1.29, 1.82) is 0 Å². The molecule has 0 aliphatic rings. The Bertz CT molecular complexity index is 323. The molecule has 1 atom stereocenters. The molecule has 0 aliphatic heterocycles. The van der Waals surface area contributed by atoms with Gasteiger partial charge in [0.25, 0.3) is 0 Å². The number of halogens is 3. The summed E-state index contributed by atoms with van der Waals surface area (Å²) in [6.07, 6.45) is 1.10. The van der Waals surface area contributed by atoms with Crippen LogP contribution in [0.2, 0.25) is 5.02 Å². The quantitative estimate of drug-likeness (QED) is 0.659. The molecule has 0 bridgehead atoms. The van der Waals surface area contributed by atoms with Crippen molar-refractivity contribution in [3.8, 4) is 0 Å². The molecule has 0 heterocycles. The summed E-state index contributed by atoms with van der Waals surface area (Å²) in [6, 6.07) is 4.09. The highest BCUT2D eigenvalue weighted by Gasteiger charge is 2.13. The predicted octanol–water partition coefficient (Wildman–Crippen LogP) is 5.35. The molecule has 0 nitrogen and oxygen atoms in total. The lowest BCUT2D eigenvalue weighted by Crippen LogP contribution is -1.98. The number of hydrogen-bond donors (Lipinski definition) is 0. The molecule has 3 heteroatoms. The predicted molar refractivity (Wildman–Crippen MR) is 67.4 cm³/mol. The maximum Gasteiger partial charge on any atom is 0.0595 e. The van der Waals surface area contributed by atoms with Gasteiger partial charge in [-0.2, -0.15) is 0 Å². The van der Waals surface area contributed by atoms with E-state index in [2.05, 4.69) is 35.8 Å². The second-order valence-corrected chi connectivity index (χ2v) is 4.87. The van der Waals surface area contributed by atoms with E-state index < -0.39 is 0 Å².